The molecule has 0 N–H and O–H groups in total. The van der Waals surface area contributed by atoms with Crippen LogP contribution in [0, 0.1) is 0 Å². The molecule has 2 rings (SSSR count). The summed E-state index contributed by atoms with van der Waals surface area (Å²) in [5.41, 5.74) is 0. The summed E-state index contributed by atoms with van der Waals surface area (Å²) in [6.45, 7) is 0. The molecule has 0 saturated heterocycles. The molecule has 2 aromatic carbocycles. The first-order valence-corrected chi connectivity index (χ1v) is 10.3. The molecule has 0 aliphatic rings. The van der Waals surface area contributed by atoms with Crippen LogP contribution in [0.5, 0.6) is 11.5 Å². The van der Waals surface area contributed by atoms with E-state index in [9.17, 15) is 13.0 Å². The fourth-order valence-corrected chi connectivity index (χ4v) is 6.64. The lowest BCUT2D eigenvalue weighted by Crippen LogP contribution is -2.21. The molecule has 23 heavy (non-hydrogen) atoms. The highest BCUT2D eigenvalue weighted by Gasteiger charge is 2.29. The number of ether oxygens (including phenoxy) is 2. The number of methoxy groups -OCH3 is 2. The predicted octanol–water partition coefficient (Wildman–Crippen LogP) is 1.41. The lowest BCUT2D eigenvalue weighted by Gasteiger charge is -2.16. The van der Waals surface area contributed by atoms with Crippen molar-refractivity contribution >= 4 is 28.6 Å². The standard InChI is InChI=1S/C16H19O5PS/c1-20-13-7-3-5-9-15(13)22(11-12-23(17,18)19)16-10-6-4-8-14(16)21-2/h3-10H,11-12H2,1-2H3,(H,17,18,19). The van der Waals surface area contributed by atoms with Crippen molar-refractivity contribution < 1.29 is 22.4 Å². The first-order chi connectivity index (χ1) is 11.0. The summed E-state index contributed by atoms with van der Waals surface area (Å²) in [5, 5.41) is 1.85. The quantitative estimate of drug-likeness (QED) is 0.555. The van der Waals surface area contributed by atoms with Gasteiger partial charge in [-0.15, -0.1) is 0 Å². The van der Waals surface area contributed by atoms with Crippen LogP contribution in [-0.4, -0.2) is 39.1 Å². The van der Waals surface area contributed by atoms with Gasteiger partial charge in [-0.1, -0.05) is 24.3 Å². The molecule has 0 atom stereocenters. The first-order valence-electron chi connectivity index (χ1n) is 7.02. The minimum Gasteiger partial charge on any atom is -0.748 e. The van der Waals surface area contributed by atoms with Crippen LogP contribution in [0.15, 0.2) is 48.5 Å². The van der Waals surface area contributed by atoms with E-state index >= 15 is 0 Å². The molecule has 0 bridgehead atoms. The highest BCUT2D eigenvalue weighted by molar-refractivity contribution is 7.86. The Morgan fingerprint density at radius 1 is 0.913 bits per heavy atom. The minimum atomic E-state index is -4.28. The van der Waals surface area contributed by atoms with E-state index in [4.69, 9.17) is 9.47 Å². The van der Waals surface area contributed by atoms with Crippen LogP contribution in [-0.2, 0) is 10.1 Å². The number of benzene rings is 2. The molecular formula is C16H19O5PS. The topological polar surface area (TPSA) is 75.7 Å². The first kappa shape index (κ1) is 17.7. The van der Waals surface area contributed by atoms with Crippen molar-refractivity contribution in [2.75, 3.05) is 26.1 Å². The third-order valence-electron chi connectivity index (χ3n) is 3.47. The van der Waals surface area contributed by atoms with Gasteiger partial charge in [-0.05, 0) is 24.3 Å². The van der Waals surface area contributed by atoms with E-state index in [1.165, 1.54) is 0 Å². The fourth-order valence-electron chi connectivity index (χ4n) is 2.43. The van der Waals surface area contributed by atoms with Crippen molar-refractivity contribution in [3.63, 3.8) is 0 Å². The molecule has 0 amide bonds. The van der Waals surface area contributed by atoms with Gasteiger partial charge in [-0.3, -0.25) is 0 Å². The second-order valence-electron chi connectivity index (χ2n) is 4.89. The summed E-state index contributed by atoms with van der Waals surface area (Å²) in [5.74, 6) is 0.975. The molecule has 124 valence electrons. The number of hydrogen-bond donors (Lipinski definition) is 0. The Labute approximate surface area is 137 Å². The Morgan fingerprint density at radius 3 is 1.74 bits per heavy atom. The zero-order valence-corrected chi connectivity index (χ0v) is 14.8. The largest absolute Gasteiger partial charge is 0.748 e. The summed E-state index contributed by atoms with van der Waals surface area (Å²) in [4.78, 5) is 0. The molecule has 0 aromatic heterocycles. The van der Waals surface area contributed by atoms with E-state index in [0.29, 0.717) is 11.5 Å². The van der Waals surface area contributed by atoms with Gasteiger partial charge < -0.3 is 14.0 Å². The number of para-hydroxylation sites is 2. The molecule has 0 heterocycles. The van der Waals surface area contributed by atoms with E-state index in [0.717, 1.165) is 10.6 Å². The normalized spacial score (nSPS) is 11.5. The SMILES string of the molecule is COc1ccccc1[PH+](CCS(=O)(=O)[O-])c1ccccc1OC. The van der Waals surface area contributed by atoms with Crippen molar-refractivity contribution in [2.45, 2.75) is 0 Å². The van der Waals surface area contributed by atoms with Crippen LogP contribution in [0.25, 0.3) is 0 Å². The molecule has 0 aliphatic carbocycles. The number of hydrogen-bond acceptors (Lipinski definition) is 5. The van der Waals surface area contributed by atoms with Crippen molar-refractivity contribution in [1.29, 1.82) is 0 Å². The van der Waals surface area contributed by atoms with E-state index in [2.05, 4.69) is 0 Å². The van der Waals surface area contributed by atoms with Crippen LogP contribution in [0.2, 0.25) is 0 Å². The lowest BCUT2D eigenvalue weighted by atomic mass is 10.3. The Balaban J connectivity index is 2.51. The molecule has 0 unspecified atom stereocenters. The van der Waals surface area contributed by atoms with E-state index in [1.54, 1.807) is 14.2 Å². The summed E-state index contributed by atoms with van der Waals surface area (Å²) in [6, 6.07) is 15.0. The monoisotopic (exact) mass is 354 g/mol. The zero-order chi connectivity index (χ0) is 16.9. The van der Waals surface area contributed by atoms with Gasteiger partial charge in [0.25, 0.3) is 0 Å². The van der Waals surface area contributed by atoms with Gasteiger partial charge in [-0.2, -0.15) is 0 Å². The summed E-state index contributed by atoms with van der Waals surface area (Å²) < 4.78 is 44.1. The maximum Gasteiger partial charge on any atom is 0.161 e. The van der Waals surface area contributed by atoms with Crippen molar-refractivity contribution in [1.82, 2.24) is 0 Å². The highest BCUT2D eigenvalue weighted by Crippen LogP contribution is 2.40. The van der Waals surface area contributed by atoms with Gasteiger partial charge in [0.15, 0.2) is 11.5 Å². The molecule has 0 saturated carbocycles. The molecule has 5 nitrogen and oxygen atoms in total. The van der Waals surface area contributed by atoms with Crippen LogP contribution in [0.1, 0.15) is 0 Å². The lowest BCUT2D eigenvalue weighted by molar-refractivity contribution is 0.417. The highest BCUT2D eigenvalue weighted by atomic mass is 32.2. The Bertz CT molecular complexity index is 713. The van der Waals surface area contributed by atoms with E-state index < -0.39 is 23.8 Å². The van der Waals surface area contributed by atoms with Crippen LogP contribution in [0.4, 0.5) is 0 Å². The molecule has 0 fully saturated rings. The molecular weight excluding hydrogens is 335 g/mol. The van der Waals surface area contributed by atoms with E-state index in [1.807, 2.05) is 48.5 Å². The minimum absolute atomic E-state index is 0.261. The van der Waals surface area contributed by atoms with Gasteiger partial charge in [0.05, 0.1) is 44.2 Å². The second kappa shape index (κ2) is 7.77. The van der Waals surface area contributed by atoms with Gasteiger partial charge in [0, 0.05) is 0 Å². The van der Waals surface area contributed by atoms with Crippen molar-refractivity contribution in [3.05, 3.63) is 48.5 Å². The van der Waals surface area contributed by atoms with Gasteiger partial charge in [0.1, 0.15) is 10.6 Å². The van der Waals surface area contributed by atoms with Gasteiger partial charge in [-0.25, -0.2) is 8.42 Å². The third kappa shape index (κ3) is 4.67. The van der Waals surface area contributed by atoms with E-state index in [-0.39, 0.29) is 6.16 Å². The molecule has 2 aromatic rings. The average Bonchev–Trinajstić information content (AvgIpc) is 2.55. The molecule has 7 heteroatoms. The molecule has 0 spiro atoms. The fraction of sp³-hybridized carbons (Fsp3) is 0.250. The average molecular weight is 354 g/mol. The third-order valence-corrected chi connectivity index (χ3v) is 7.41. The van der Waals surface area contributed by atoms with Crippen molar-refractivity contribution in [2.24, 2.45) is 0 Å². The molecule has 0 aliphatic heterocycles. The maximum absolute atomic E-state index is 11.1. The second-order valence-corrected chi connectivity index (χ2v) is 8.95. The summed E-state index contributed by atoms with van der Waals surface area (Å²) in [7, 11) is -2.68. The van der Waals surface area contributed by atoms with Gasteiger partial charge >= 0.3 is 0 Å². The maximum atomic E-state index is 11.1. The summed E-state index contributed by atoms with van der Waals surface area (Å²) >= 11 is 0. The Hall–Kier alpha value is -1.62. The van der Waals surface area contributed by atoms with Gasteiger partial charge in [0.2, 0.25) is 0 Å². The Morgan fingerprint density at radius 2 is 1.35 bits per heavy atom. The zero-order valence-electron chi connectivity index (χ0n) is 13.0. The Kier molecular flexibility index (Phi) is 5.99. The summed E-state index contributed by atoms with van der Waals surface area (Å²) in [6.07, 6.45) is 0.261. The smallest absolute Gasteiger partial charge is 0.161 e. The number of rotatable bonds is 7. The van der Waals surface area contributed by atoms with Crippen LogP contribution >= 0.6 is 7.92 Å². The molecule has 0 radical (unpaired) electrons. The van der Waals surface area contributed by atoms with Crippen LogP contribution < -0.4 is 20.1 Å². The predicted molar refractivity (Wildman–Crippen MR) is 93.0 cm³/mol. The van der Waals surface area contributed by atoms with Crippen LogP contribution in [0.3, 0.4) is 0 Å². The van der Waals surface area contributed by atoms with Crippen molar-refractivity contribution in [3.8, 4) is 11.5 Å².